The summed E-state index contributed by atoms with van der Waals surface area (Å²) in [7, 11) is 2.19. The van der Waals surface area contributed by atoms with Crippen LogP contribution in [-0.4, -0.2) is 60.8 Å². The van der Waals surface area contributed by atoms with Crippen LogP contribution in [0.4, 0.5) is 0 Å². The topological polar surface area (TPSA) is 137 Å². The van der Waals surface area contributed by atoms with Crippen molar-refractivity contribution >= 4 is 37.9 Å². The summed E-state index contributed by atoms with van der Waals surface area (Å²) in [5.41, 5.74) is 3.41. The largest absolute Gasteiger partial charge is 0.491 e. The number of ether oxygens (including phenoxy) is 3. The van der Waals surface area contributed by atoms with Gasteiger partial charge in [0.25, 0.3) is 5.88 Å². The van der Waals surface area contributed by atoms with Gasteiger partial charge in [-0.05, 0) is 50.6 Å². The average Bonchev–Trinajstić information content (AvgIpc) is 3.55. The highest BCUT2D eigenvalue weighted by molar-refractivity contribution is 7.91. The van der Waals surface area contributed by atoms with Crippen LogP contribution < -0.4 is 14.8 Å². The van der Waals surface area contributed by atoms with Gasteiger partial charge in [0.15, 0.2) is 15.6 Å². The van der Waals surface area contributed by atoms with E-state index < -0.39 is 26.7 Å². The van der Waals surface area contributed by atoms with E-state index in [0.29, 0.717) is 39.4 Å². The number of benzene rings is 1. The van der Waals surface area contributed by atoms with E-state index in [0.717, 1.165) is 16.6 Å². The SMILES string of the molecule is COC(=O)C(C)(C)NC(c1ccnc2[nH]c(-c3cn(C)c4cc(OC)c(OC)nc34)cc12)S(=O)(=O)c1ccc(C)cc1. The minimum absolute atomic E-state index is 0.117. The summed E-state index contributed by atoms with van der Waals surface area (Å²) in [6.07, 6.45) is 3.46. The molecule has 0 aliphatic carbocycles. The third-order valence-corrected chi connectivity index (χ3v) is 9.21. The minimum atomic E-state index is -4.05. The molecule has 0 aliphatic heterocycles. The molecule has 2 N–H and O–H groups in total. The molecular formula is C30H33N5O6S. The fraction of sp³-hybridized carbons (Fsp3) is 0.300. The molecule has 0 bridgehead atoms. The van der Waals surface area contributed by atoms with Crippen molar-refractivity contribution in [3.05, 3.63) is 66.0 Å². The molecule has 42 heavy (non-hydrogen) atoms. The zero-order valence-corrected chi connectivity index (χ0v) is 25.3. The first-order chi connectivity index (χ1) is 19.9. The molecule has 0 saturated carbocycles. The zero-order chi connectivity index (χ0) is 30.4. The Morgan fingerprint density at radius 3 is 2.43 bits per heavy atom. The maximum Gasteiger partial charge on any atom is 0.325 e. The van der Waals surface area contributed by atoms with E-state index in [9.17, 15) is 13.2 Å². The number of nitrogens with zero attached hydrogens (tertiary/aromatic N) is 3. The minimum Gasteiger partial charge on any atom is -0.491 e. The lowest BCUT2D eigenvalue weighted by atomic mass is 10.0. The number of aromatic nitrogens is 4. The lowest BCUT2D eigenvalue weighted by Crippen LogP contribution is -2.50. The number of fused-ring (bicyclic) bond motifs is 2. The lowest BCUT2D eigenvalue weighted by Gasteiger charge is -2.30. The highest BCUT2D eigenvalue weighted by Gasteiger charge is 2.39. The Balaban J connectivity index is 1.71. The Hall–Kier alpha value is -4.42. The first-order valence-corrected chi connectivity index (χ1v) is 14.7. The van der Waals surface area contributed by atoms with E-state index >= 15 is 0 Å². The van der Waals surface area contributed by atoms with Gasteiger partial charge in [-0.1, -0.05) is 17.7 Å². The smallest absolute Gasteiger partial charge is 0.325 e. The molecule has 1 atom stereocenters. The molecule has 1 aromatic carbocycles. The summed E-state index contributed by atoms with van der Waals surface area (Å²) in [6.45, 7) is 5.05. The standard InChI is InChI=1S/C30H33N5O6S/c1-17-8-10-18(11-9-17)42(37,38)28(34-30(2,3)29(36)41-7)19-12-13-31-26-20(19)14-22(32-26)21-16-35(4)23-15-24(39-5)27(40-6)33-25(21)23/h8-16,28,34H,1-7H3,(H,31,32). The monoisotopic (exact) mass is 591 g/mol. The van der Waals surface area contributed by atoms with Gasteiger partial charge in [-0.2, -0.15) is 0 Å². The second kappa shape index (κ2) is 10.8. The molecule has 5 aromatic rings. The number of rotatable bonds is 9. The van der Waals surface area contributed by atoms with Crippen LogP contribution in [0, 0.1) is 6.92 Å². The number of carbonyl (C=O) groups is 1. The van der Waals surface area contributed by atoms with Gasteiger partial charge in [0.05, 0.1) is 37.4 Å². The number of sulfone groups is 1. The summed E-state index contributed by atoms with van der Waals surface area (Å²) >= 11 is 0. The number of hydrogen-bond acceptors (Lipinski definition) is 9. The van der Waals surface area contributed by atoms with Crippen molar-refractivity contribution in [3.63, 3.8) is 0 Å². The van der Waals surface area contributed by atoms with Gasteiger partial charge < -0.3 is 23.8 Å². The summed E-state index contributed by atoms with van der Waals surface area (Å²) < 4.78 is 46.1. The number of methoxy groups -OCH3 is 3. The normalized spacial score (nSPS) is 12.9. The van der Waals surface area contributed by atoms with Gasteiger partial charge in [0.2, 0.25) is 0 Å². The van der Waals surface area contributed by atoms with E-state index in [1.165, 1.54) is 20.4 Å². The summed E-state index contributed by atoms with van der Waals surface area (Å²) in [5, 5.41) is 2.33. The molecule has 0 saturated heterocycles. The number of pyridine rings is 2. The molecule has 0 amide bonds. The van der Waals surface area contributed by atoms with E-state index in [-0.39, 0.29) is 4.90 Å². The molecule has 0 radical (unpaired) electrons. The van der Waals surface area contributed by atoms with Crippen LogP contribution in [0.2, 0.25) is 0 Å². The third kappa shape index (κ3) is 4.96. The third-order valence-electron chi connectivity index (χ3n) is 7.29. The van der Waals surface area contributed by atoms with E-state index in [4.69, 9.17) is 14.2 Å². The van der Waals surface area contributed by atoms with Crippen LogP contribution in [0.25, 0.3) is 33.3 Å². The zero-order valence-electron chi connectivity index (χ0n) is 24.5. The maximum absolute atomic E-state index is 14.2. The van der Waals surface area contributed by atoms with Crippen LogP contribution >= 0.6 is 0 Å². The Bertz CT molecular complexity index is 1910. The van der Waals surface area contributed by atoms with Gasteiger partial charge in [0.1, 0.15) is 22.1 Å². The Kier molecular flexibility index (Phi) is 7.46. The number of aryl methyl sites for hydroxylation is 2. The van der Waals surface area contributed by atoms with Crippen molar-refractivity contribution < 1.29 is 27.4 Å². The van der Waals surface area contributed by atoms with Crippen LogP contribution in [-0.2, 0) is 26.4 Å². The number of H-pyrrole nitrogens is 1. The first-order valence-electron chi connectivity index (χ1n) is 13.1. The Morgan fingerprint density at radius 2 is 1.79 bits per heavy atom. The fourth-order valence-electron chi connectivity index (χ4n) is 5.00. The summed E-state index contributed by atoms with van der Waals surface area (Å²) in [5.74, 6) is 0.241. The van der Waals surface area contributed by atoms with Crippen LogP contribution in [0.5, 0.6) is 11.6 Å². The van der Waals surface area contributed by atoms with Gasteiger partial charge in [-0.25, -0.2) is 18.4 Å². The average molecular weight is 592 g/mol. The lowest BCUT2D eigenvalue weighted by molar-refractivity contribution is -0.147. The molecule has 4 aromatic heterocycles. The highest BCUT2D eigenvalue weighted by atomic mass is 32.2. The van der Waals surface area contributed by atoms with Crippen molar-refractivity contribution in [3.8, 4) is 22.9 Å². The molecule has 1 unspecified atom stereocenters. The van der Waals surface area contributed by atoms with Gasteiger partial charge in [-0.3, -0.25) is 10.1 Å². The van der Waals surface area contributed by atoms with Crippen LogP contribution in [0.1, 0.15) is 30.3 Å². The van der Waals surface area contributed by atoms with E-state index in [1.807, 2.05) is 36.9 Å². The summed E-state index contributed by atoms with van der Waals surface area (Å²) in [4.78, 5) is 25.3. The van der Waals surface area contributed by atoms with Gasteiger partial charge >= 0.3 is 5.97 Å². The molecular weight excluding hydrogens is 558 g/mol. The van der Waals surface area contributed by atoms with E-state index in [2.05, 4.69) is 20.3 Å². The molecule has 0 spiro atoms. The molecule has 11 nitrogen and oxygen atoms in total. The Morgan fingerprint density at radius 1 is 1.07 bits per heavy atom. The first kappa shape index (κ1) is 29.1. The second-order valence-electron chi connectivity index (χ2n) is 10.6. The number of carbonyl (C=O) groups excluding carboxylic acids is 1. The van der Waals surface area contributed by atoms with Crippen molar-refractivity contribution in [1.82, 2.24) is 24.8 Å². The van der Waals surface area contributed by atoms with Crippen molar-refractivity contribution in [2.45, 2.75) is 36.6 Å². The number of esters is 1. The van der Waals surface area contributed by atoms with Crippen molar-refractivity contribution in [2.75, 3.05) is 21.3 Å². The molecule has 0 aliphatic rings. The quantitative estimate of drug-likeness (QED) is 0.238. The fourth-order valence-corrected chi connectivity index (χ4v) is 6.78. The Labute approximate surface area is 243 Å². The van der Waals surface area contributed by atoms with Gasteiger partial charge in [0, 0.05) is 36.5 Å². The molecule has 0 fully saturated rings. The van der Waals surface area contributed by atoms with Crippen molar-refractivity contribution in [1.29, 1.82) is 0 Å². The highest BCUT2D eigenvalue weighted by Crippen LogP contribution is 2.38. The molecule has 5 rings (SSSR count). The molecule has 220 valence electrons. The van der Waals surface area contributed by atoms with Crippen molar-refractivity contribution in [2.24, 2.45) is 7.05 Å². The molecule has 12 heteroatoms. The number of aromatic amines is 1. The second-order valence-corrected chi connectivity index (χ2v) is 12.6. The molecule has 4 heterocycles. The number of hydrogen-bond donors (Lipinski definition) is 2. The van der Waals surface area contributed by atoms with Crippen LogP contribution in [0.15, 0.2) is 59.8 Å². The summed E-state index contributed by atoms with van der Waals surface area (Å²) in [6, 6.07) is 11.9. The number of nitrogens with one attached hydrogen (secondary N) is 2. The maximum atomic E-state index is 14.2. The predicted molar refractivity (Wildman–Crippen MR) is 159 cm³/mol. The van der Waals surface area contributed by atoms with E-state index in [1.54, 1.807) is 51.3 Å². The predicted octanol–water partition coefficient (Wildman–Crippen LogP) is 4.46. The van der Waals surface area contributed by atoms with Crippen LogP contribution in [0.3, 0.4) is 0 Å². The van der Waals surface area contributed by atoms with Gasteiger partial charge in [-0.15, -0.1) is 0 Å².